The quantitative estimate of drug-likeness (QED) is 0.574. The predicted octanol–water partition coefficient (Wildman–Crippen LogP) is 4.15. The number of benzene rings is 3. The van der Waals surface area contributed by atoms with Gasteiger partial charge in [-0.2, -0.15) is 12.8 Å². The van der Waals surface area contributed by atoms with Crippen molar-refractivity contribution in [3.63, 3.8) is 0 Å². The molecule has 7 nitrogen and oxygen atoms in total. The van der Waals surface area contributed by atoms with Crippen molar-refractivity contribution in [1.82, 2.24) is 0 Å². The van der Waals surface area contributed by atoms with Crippen LogP contribution in [0.4, 0.5) is 5.69 Å². The van der Waals surface area contributed by atoms with E-state index in [4.69, 9.17) is 4.74 Å². The highest BCUT2D eigenvalue weighted by molar-refractivity contribution is 7.90. The molecule has 8 heteroatoms. The first-order chi connectivity index (χ1) is 15.8. The number of Topliss-reactive ketones (excluding diaryl/α,β-unsaturated/α-hetero) is 1. The van der Waals surface area contributed by atoms with Crippen LogP contribution in [0.3, 0.4) is 0 Å². The molecule has 0 fully saturated rings. The molecule has 0 saturated heterocycles. The van der Waals surface area contributed by atoms with E-state index in [1.54, 1.807) is 60.7 Å². The first kappa shape index (κ1) is 22.2. The largest absolute Gasteiger partial charge is 0.465 e. The van der Waals surface area contributed by atoms with E-state index in [1.165, 1.54) is 25.3 Å². The summed E-state index contributed by atoms with van der Waals surface area (Å²) < 4.78 is 34.8. The fourth-order valence-corrected chi connectivity index (χ4v) is 4.41. The van der Waals surface area contributed by atoms with Gasteiger partial charge in [-0.1, -0.05) is 54.1 Å². The Bertz CT molecular complexity index is 1420. The third kappa shape index (κ3) is 4.47. The van der Waals surface area contributed by atoms with Crippen LogP contribution in [0.25, 0.3) is 0 Å². The van der Waals surface area contributed by atoms with Gasteiger partial charge >= 0.3 is 5.97 Å². The van der Waals surface area contributed by atoms with E-state index in [9.17, 15) is 18.0 Å². The summed E-state index contributed by atoms with van der Waals surface area (Å²) in [6, 6.07) is 19.6. The first-order valence-electron chi connectivity index (χ1n) is 10.0. The van der Waals surface area contributed by atoms with Crippen LogP contribution >= 0.6 is 0 Å². The summed E-state index contributed by atoms with van der Waals surface area (Å²) >= 11 is 0. The smallest absolute Gasteiger partial charge is 0.339 e. The normalized spacial score (nSPS) is 14.4. The number of ether oxygens (including phenoxy) is 1. The van der Waals surface area contributed by atoms with Gasteiger partial charge in [0.15, 0.2) is 0 Å². The minimum absolute atomic E-state index is 0.0499. The molecule has 0 saturated carbocycles. The number of esters is 1. The van der Waals surface area contributed by atoms with E-state index >= 15 is 0 Å². The number of nitrogens with one attached hydrogen (secondary N) is 1. The second-order valence-electron chi connectivity index (χ2n) is 7.36. The maximum atomic E-state index is 13.1. The lowest BCUT2D eigenvalue weighted by Gasteiger charge is -2.19. The SMILES string of the molecule is COC(=O)c1ccccc1NC1=CC(=NS(=O)(=O)c2ccc(C)cc2)c2ccccc2C1=O. The molecule has 4 rings (SSSR count). The average molecular weight is 461 g/mol. The molecule has 0 bridgehead atoms. The van der Waals surface area contributed by atoms with Crippen molar-refractivity contribution in [2.75, 3.05) is 12.4 Å². The first-order valence-corrected chi connectivity index (χ1v) is 11.5. The van der Waals surface area contributed by atoms with E-state index in [1.807, 2.05) is 6.92 Å². The van der Waals surface area contributed by atoms with Crippen LogP contribution in [0, 0.1) is 6.92 Å². The highest BCUT2D eigenvalue weighted by Crippen LogP contribution is 2.26. The molecule has 33 heavy (non-hydrogen) atoms. The summed E-state index contributed by atoms with van der Waals surface area (Å²) in [4.78, 5) is 25.3. The van der Waals surface area contributed by atoms with Gasteiger partial charge in [0.05, 0.1) is 34.7 Å². The Balaban J connectivity index is 1.82. The number of sulfonamides is 1. The molecule has 3 aromatic carbocycles. The van der Waals surface area contributed by atoms with Crippen molar-refractivity contribution in [1.29, 1.82) is 0 Å². The van der Waals surface area contributed by atoms with E-state index in [0.717, 1.165) is 5.56 Å². The minimum Gasteiger partial charge on any atom is -0.465 e. The molecule has 0 spiro atoms. The van der Waals surface area contributed by atoms with Crippen molar-refractivity contribution in [2.24, 2.45) is 4.40 Å². The van der Waals surface area contributed by atoms with Crippen molar-refractivity contribution < 1.29 is 22.7 Å². The third-order valence-electron chi connectivity index (χ3n) is 5.11. The standard InChI is InChI=1S/C25H20N2O5S/c1-16-11-13-17(14-12-16)33(30,31)27-22-15-23(24(28)19-8-4-3-7-18(19)22)26-21-10-6-5-9-20(21)25(29)32-2/h3-15,26H,1-2H3. The average Bonchev–Trinajstić information content (AvgIpc) is 2.82. The Labute approximate surface area is 191 Å². The molecule has 0 atom stereocenters. The number of methoxy groups -OCH3 is 1. The van der Waals surface area contributed by atoms with Crippen LogP contribution in [0.15, 0.2) is 93.9 Å². The molecule has 1 aliphatic carbocycles. The second kappa shape index (κ2) is 8.84. The number of hydrogen-bond donors (Lipinski definition) is 1. The van der Waals surface area contributed by atoms with E-state index in [-0.39, 0.29) is 27.7 Å². The fraction of sp³-hybridized carbons (Fsp3) is 0.0800. The number of carbonyl (C=O) groups is 2. The number of rotatable bonds is 5. The highest BCUT2D eigenvalue weighted by atomic mass is 32.2. The van der Waals surface area contributed by atoms with E-state index < -0.39 is 16.0 Å². The molecular weight excluding hydrogens is 440 g/mol. The number of aryl methyl sites for hydroxylation is 1. The highest BCUT2D eigenvalue weighted by Gasteiger charge is 2.27. The topological polar surface area (TPSA) is 102 Å². The van der Waals surface area contributed by atoms with Crippen molar-refractivity contribution >= 4 is 33.2 Å². The summed E-state index contributed by atoms with van der Waals surface area (Å²) in [6.45, 7) is 1.86. The zero-order chi connectivity index (χ0) is 23.6. The van der Waals surface area contributed by atoms with Crippen LogP contribution < -0.4 is 5.32 Å². The van der Waals surface area contributed by atoms with Crippen LogP contribution in [-0.4, -0.2) is 33.0 Å². The molecule has 1 aliphatic rings. The molecule has 0 amide bonds. The molecule has 166 valence electrons. The third-order valence-corrected chi connectivity index (χ3v) is 6.42. The number of hydrogen-bond acceptors (Lipinski definition) is 6. The van der Waals surface area contributed by atoms with Gasteiger partial charge in [0.25, 0.3) is 10.0 Å². The van der Waals surface area contributed by atoms with Gasteiger partial charge in [-0.05, 0) is 37.3 Å². The Morgan fingerprint density at radius 1 is 0.909 bits per heavy atom. The van der Waals surface area contributed by atoms with Gasteiger partial charge in [0.1, 0.15) is 0 Å². The van der Waals surface area contributed by atoms with Gasteiger partial charge in [0, 0.05) is 11.1 Å². The summed E-state index contributed by atoms with van der Waals surface area (Å²) in [5.41, 5.74) is 2.42. The molecule has 1 N–H and O–H groups in total. The van der Waals surface area contributed by atoms with Crippen molar-refractivity contribution in [3.05, 3.63) is 107 Å². The van der Waals surface area contributed by atoms with Crippen LogP contribution in [0.5, 0.6) is 0 Å². The maximum Gasteiger partial charge on any atom is 0.339 e. The molecule has 0 unspecified atom stereocenters. The predicted molar refractivity (Wildman–Crippen MR) is 125 cm³/mol. The Kier molecular flexibility index (Phi) is 5.93. The van der Waals surface area contributed by atoms with Crippen LogP contribution in [0.1, 0.15) is 31.8 Å². The maximum absolute atomic E-state index is 13.1. The number of ketones is 1. The lowest BCUT2D eigenvalue weighted by Crippen LogP contribution is -2.23. The monoisotopic (exact) mass is 460 g/mol. The van der Waals surface area contributed by atoms with Crippen LogP contribution in [-0.2, 0) is 14.8 Å². The van der Waals surface area contributed by atoms with Crippen molar-refractivity contribution in [3.8, 4) is 0 Å². The van der Waals surface area contributed by atoms with Gasteiger partial charge in [-0.25, -0.2) is 4.79 Å². The summed E-state index contributed by atoms with van der Waals surface area (Å²) in [6.07, 6.45) is 1.38. The number of para-hydroxylation sites is 1. The van der Waals surface area contributed by atoms with E-state index in [0.29, 0.717) is 16.8 Å². The number of nitrogens with zero attached hydrogens (tertiary/aromatic N) is 1. The van der Waals surface area contributed by atoms with Gasteiger partial charge < -0.3 is 10.1 Å². The number of fused-ring (bicyclic) bond motifs is 1. The lowest BCUT2D eigenvalue weighted by molar-refractivity contribution is 0.0601. The molecule has 0 radical (unpaired) electrons. The molecule has 0 aliphatic heterocycles. The molecular formula is C25H20N2O5S. The van der Waals surface area contributed by atoms with Crippen molar-refractivity contribution in [2.45, 2.75) is 11.8 Å². The zero-order valence-corrected chi connectivity index (χ0v) is 18.7. The van der Waals surface area contributed by atoms with E-state index in [2.05, 4.69) is 9.71 Å². The summed E-state index contributed by atoms with van der Waals surface area (Å²) in [5.74, 6) is -0.921. The van der Waals surface area contributed by atoms with Gasteiger partial charge in [-0.3, -0.25) is 4.79 Å². The zero-order valence-electron chi connectivity index (χ0n) is 17.9. The second-order valence-corrected chi connectivity index (χ2v) is 8.96. The number of anilines is 1. The summed E-state index contributed by atoms with van der Waals surface area (Å²) in [5, 5.41) is 2.95. The molecule has 3 aromatic rings. The van der Waals surface area contributed by atoms with Crippen LogP contribution in [0.2, 0.25) is 0 Å². The fourth-order valence-electron chi connectivity index (χ4n) is 3.42. The summed E-state index contributed by atoms with van der Waals surface area (Å²) in [7, 11) is -2.76. The minimum atomic E-state index is -4.03. The number of carbonyl (C=O) groups excluding carboxylic acids is 2. The Morgan fingerprint density at radius 3 is 2.24 bits per heavy atom. The Hall–Kier alpha value is -4.04. The lowest BCUT2D eigenvalue weighted by atomic mass is 9.92. The Morgan fingerprint density at radius 2 is 1.55 bits per heavy atom. The molecule has 0 heterocycles. The van der Waals surface area contributed by atoms with Gasteiger partial charge in [0.2, 0.25) is 5.78 Å². The van der Waals surface area contributed by atoms with Gasteiger partial charge in [-0.15, -0.1) is 0 Å². The molecule has 0 aromatic heterocycles. The number of allylic oxidation sites excluding steroid dienone is 2.